The summed E-state index contributed by atoms with van der Waals surface area (Å²) < 4.78 is 0. The van der Waals surface area contributed by atoms with Crippen LogP contribution in [0.25, 0.3) is 11.0 Å². The van der Waals surface area contributed by atoms with E-state index in [1.54, 1.807) is 0 Å². The molecule has 1 aromatic heterocycles. The molecule has 0 aliphatic heterocycles. The van der Waals surface area contributed by atoms with E-state index < -0.39 is 0 Å². The number of para-hydroxylation sites is 2. The second kappa shape index (κ2) is 5.63. The first kappa shape index (κ1) is 13.1. The van der Waals surface area contributed by atoms with Crippen molar-refractivity contribution in [3.8, 4) is 0 Å². The van der Waals surface area contributed by atoms with Crippen molar-refractivity contribution in [2.45, 2.75) is 44.2 Å². The predicted molar refractivity (Wildman–Crippen MR) is 80.5 cm³/mol. The van der Waals surface area contributed by atoms with Crippen molar-refractivity contribution < 1.29 is 5.11 Å². The molecule has 2 aromatic rings. The number of hydrogen-bond acceptors (Lipinski definition) is 5. The number of aromatic nitrogens is 2. The Kier molecular flexibility index (Phi) is 3.69. The molecular formula is C15H20N4O. The highest BCUT2D eigenvalue weighted by atomic mass is 16.3. The van der Waals surface area contributed by atoms with Crippen molar-refractivity contribution in [1.82, 2.24) is 9.97 Å². The van der Waals surface area contributed by atoms with Gasteiger partial charge < -0.3 is 16.2 Å². The van der Waals surface area contributed by atoms with Gasteiger partial charge in [-0.05, 0) is 25.0 Å². The van der Waals surface area contributed by atoms with Gasteiger partial charge in [0.15, 0.2) is 11.6 Å². The molecule has 0 radical (unpaired) electrons. The Hall–Kier alpha value is -1.88. The summed E-state index contributed by atoms with van der Waals surface area (Å²) >= 11 is 0. The fraction of sp³-hybridized carbons (Fsp3) is 0.467. The Morgan fingerprint density at radius 2 is 1.75 bits per heavy atom. The van der Waals surface area contributed by atoms with Crippen LogP contribution in [0.5, 0.6) is 0 Å². The van der Waals surface area contributed by atoms with Gasteiger partial charge in [0.25, 0.3) is 0 Å². The van der Waals surface area contributed by atoms with Crippen molar-refractivity contribution in [2.24, 2.45) is 0 Å². The minimum atomic E-state index is -0.342. The van der Waals surface area contributed by atoms with Crippen LogP contribution in [0, 0.1) is 0 Å². The zero-order valence-corrected chi connectivity index (χ0v) is 11.4. The van der Waals surface area contributed by atoms with Crippen LogP contribution in [-0.2, 0) is 0 Å². The van der Waals surface area contributed by atoms with Gasteiger partial charge in [-0.2, -0.15) is 0 Å². The molecule has 1 heterocycles. The average Bonchev–Trinajstić information content (AvgIpc) is 2.65. The van der Waals surface area contributed by atoms with E-state index >= 15 is 0 Å². The smallest absolute Gasteiger partial charge is 0.169 e. The third-order valence-electron chi connectivity index (χ3n) is 3.90. The number of aliphatic hydroxyl groups is 1. The number of aliphatic hydroxyl groups excluding tert-OH is 1. The van der Waals surface area contributed by atoms with E-state index in [4.69, 9.17) is 5.73 Å². The molecule has 5 nitrogen and oxygen atoms in total. The topological polar surface area (TPSA) is 84.1 Å². The van der Waals surface area contributed by atoms with Crippen LogP contribution in [0.3, 0.4) is 0 Å². The molecule has 20 heavy (non-hydrogen) atoms. The maximum absolute atomic E-state index is 10.2. The molecule has 3 rings (SSSR count). The summed E-state index contributed by atoms with van der Waals surface area (Å²) in [5.41, 5.74) is 7.57. The number of nitrogens with zero attached hydrogens (tertiary/aromatic N) is 2. The highest BCUT2D eigenvalue weighted by molar-refractivity contribution is 5.79. The molecular weight excluding hydrogens is 252 g/mol. The van der Waals surface area contributed by atoms with Crippen LogP contribution in [0.15, 0.2) is 24.3 Å². The summed E-state index contributed by atoms with van der Waals surface area (Å²) in [7, 11) is 0. The fourth-order valence-electron chi connectivity index (χ4n) is 2.75. The zero-order chi connectivity index (χ0) is 13.9. The molecule has 1 saturated carbocycles. The number of rotatable bonds is 2. The second-order valence-electron chi connectivity index (χ2n) is 5.40. The van der Waals surface area contributed by atoms with Crippen molar-refractivity contribution in [2.75, 3.05) is 11.1 Å². The van der Waals surface area contributed by atoms with Crippen LogP contribution >= 0.6 is 0 Å². The first-order chi connectivity index (χ1) is 9.74. The van der Waals surface area contributed by atoms with Gasteiger partial charge in [0.05, 0.1) is 23.2 Å². The van der Waals surface area contributed by atoms with Crippen molar-refractivity contribution >= 4 is 22.7 Å². The molecule has 106 valence electrons. The summed E-state index contributed by atoms with van der Waals surface area (Å²) in [6.07, 6.45) is 4.81. The minimum absolute atomic E-state index is 0.00950. The van der Waals surface area contributed by atoms with Crippen LogP contribution in [0.2, 0.25) is 0 Å². The van der Waals surface area contributed by atoms with Gasteiger partial charge in [-0.1, -0.05) is 31.4 Å². The number of benzene rings is 1. The summed E-state index contributed by atoms with van der Waals surface area (Å²) in [6.45, 7) is 0. The van der Waals surface area contributed by atoms with Gasteiger partial charge in [-0.15, -0.1) is 0 Å². The SMILES string of the molecule is Nc1nc2ccccc2nc1NC1CCCCCC1O. The lowest BCUT2D eigenvalue weighted by atomic mass is 10.1. The van der Waals surface area contributed by atoms with E-state index in [-0.39, 0.29) is 12.1 Å². The van der Waals surface area contributed by atoms with E-state index in [0.717, 1.165) is 36.7 Å². The molecule has 2 unspecified atom stereocenters. The molecule has 0 spiro atoms. The Balaban J connectivity index is 1.87. The van der Waals surface area contributed by atoms with Gasteiger partial charge in [0, 0.05) is 0 Å². The third-order valence-corrected chi connectivity index (χ3v) is 3.90. The maximum Gasteiger partial charge on any atom is 0.169 e. The Morgan fingerprint density at radius 3 is 2.55 bits per heavy atom. The lowest BCUT2D eigenvalue weighted by Crippen LogP contribution is -2.33. The molecule has 0 amide bonds. The van der Waals surface area contributed by atoms with Crippen LogP contribution < -0.4 is 11.1 Å². The molecule has 1 aliphatic rings. The Labute approximate surface area is 118 Å². The van der Waals surface area contributed by atoms with E-state index in [0.29, 0.717) is 11.6 Å². The highest BCUT2D eigenvalue weighted by Crippen LogP contribution is 2.24. The number of nitrogens with two attached hydrogens (primary N) is 1. The largest absolute Gasteiger partial charge is 0.391 e. The summed E-state index contributed by atoms with van der Waals surface area (Å²) in [5.74, 6) is 0.967. The number of anilines is 2. The van der Waals surface area contributed by atoms with E-state index in [1.807, 2.05) is 24.3 Å². The van der Waals surface area contributed by atoms with Crippen LogP contribution in [-0.4, -0.2) is 27.2 Å². The Morgan fingerprint density at radius 1 is 1.05 bits per heavy atom. The highest BCUT2D eigenvalue weighted by Gasteiger charge is 2.22. The maximum atomic E-state index is 10.2. The first-order valence-electron chi connectivity index (χ1n) is 7.21. The quantitative estimate of drug-likeness (QED) is 0.731. The van der Waals surface area contributed by atoms with Gasteiger partial charge in [0.1, 0.15) is 0 Å². The van der Waals surface area contributed by atoms with Crippen molar-refractivity contribution in [1.29, 1.82) is 0 Å². The Bertz CT molecular complexity index is 601. The average molecular weight is 272 g/mol. The van der Waals surface area contributed by atoms with E-state index in [1.165, 1.54) is 6.42 Å². The lowest BCUT2D eigenvalue weighted by molar-refractivity contribution is 0.144. The molecule has 0 bridgehead atoms. The number of nitrogens with one attached hydrogen (secondary N) is 1. The van der Waals surface area contributed by atoms with Crippen LogP contribution in [0.4, 0.5) is 11.6 Å². The van der Waals surface area contributed by atoms with Gasteiger partial charge in [-0.25, -0.2) is 9.97 Å². The molecule has 0 saturated heterocycles. The number of hydrogen-bond donors (Lipinski definition) is 3. The first-order valence-corrected chi connectivity index (χ1v) is 7.21. The molecule has 1 aromatic carbocycles. The molecule has 4 N–H and O–H groups in total. The number of nitrogen functional groups attached to an aromatic ring is 1. The normalized spacial score (nSPS) is 23.4. The molecule has 1 fully saturated rings. The van der Waals surface area contributed by atoms with E-state index in [2.05, 4.69) is 15.3 Å². The zero-order valence-electron chi connectivity index (χ0n) is 11.4. The summed E-state index contributed by atoms with van der Waals surface area (Å²) in [6, 6.07) is 7.66. The third kappa shape index (κ3) is 2.67. The van der Waals surface area contributed by atoms with Crippen molar-refractivity contribution in [3.63, 3.8) is 0 Å². The molecule has 1 aliphatic carbocycles. The summed E-state index contributed by atoms with van der Waals surface area (Å²) in [4.78, 5) is 8.88. The molecule has 2 atom stereocenters. The monoisotopic (exact) mass is 272 g/mol. The summed E-state index contributed by atoms with van der Waals surface area (Å²) in [5, 5.41) is 13.4. The van der Waals surface area contributed by atoms with Crippen LogP contribution in [0.1, 0.15) is 32.1 Å². The van der Waals surface area contributed by atoms with Gasteiger partial charge in [-0.3, -0.25) is 0 Å². The standard InChI is InChI=1S/C15H20N4O/c16-14-15(18-11-7-5-4-6-10(11)17-14)19-12-8-2-1-3-9-13(12)20/h4-7,12-13,20H,1-3,8-9H2,(H2,16,17)(H,18,19). The lowest BCUT2D eigenvalue weighted by Gasteiger charge is -2.22. The predicted octanol–water partition coefficient (Wildman–Crippen LogP) is 2.32. The molecule has 5 heteroatoms. The van der Waals surface area contributed by atoms with Gasteiger partial charge in [0.2, 0.25) is 0 Å². The van der Waals surface area contributed by atoms with Gasteiger partial charge >= 0.3 is 0 Å². The fourth-order valence-corrected chi connectivity index (χ4v) is 2.75. The number of fused-ring (bicyclic) bond motifs is 1. The second-order valence-corrected chi connectivity index (χ2v) is 5.40. The minimum Gasteiger partial charge on any atom is -0.391 e. The van der Waals surface area contributed by atoms with Crippen molar-refractivity contribution in [3.05, 3.63) is 24.3 Å². The van der Waals surface area contributed by atoms with E-state index in [9.17, 15) is 5.11 Å².